The highest BCUT2D eigenvalue weighted by Crippen LogP contribution is 2.29. The first-order valence-corrected chi connectivity index (χ1v) is 8.09. The SMILES string of the molecule is CC(OC(CCl)C(Br)CCl)C1CCCCC1. The van der Waals surface area contributed by atoms with E-state index < -0.39 is 0 Å². The molecule has 0 heterocycles. The quantitative estimate of drug-likeness (QED) is 0.647. The molecule has 1 nitrogen and oxygen atoms in total. The molecule has 1 fully saturated rings. The van der Waals surface area contributed by atoms with E-state index in [1.807, 2.05) is 0 Å². The maximum absolute atomic E-state index is 6.03. The van der Waals surface area contributed by atoms with Crippen LogP contribution < -0.4 is 0 Å². The third-order valence-corrected chi connectivity index (χ3v) is 5.33. The lowest BCUT2D eigenvalue weighted by Crippen LogP contribution is -2.34. The monoisotopic (exact) mass is 330 g/mol. The molecule has 0 aromatic rings. The van der Waals surface area contributed by atoms with Gasteiger partial charge in [0.2, 0.25) is 0 Å². The number of ether oxygens (including phenoxy) is 1. The van der Waals surface area contributed by atoms with E-state index in [4.69, 9.17) is 27.9 Å². The molecular formula is C12H21BrCl2O. The Labute approximate surface area is 117 Å². The highest BCUT2D eigenvalue weighted by atomic mass is 79.9. The van der Waals surface area contributed by atoms with Crippen molar-refractivity contribution in [2.24, 2.45) is 5.92 Å². The molecule has 96 valence electrons. The second kappa shape index (κ2) is 8.18. The van der Waals surface area contributed by atoms with Crippen LogP contribution in [0.1, 0.15) is 39.0 Å². The van der Waals surface area contributed by atoms with Gasteiger partial charge in [-0.05, 0) is 25.7 Å². The minimum Gasteiger partial charge on any atom is -0.373 e. The van der Waals surface area contributed by atoms with Gasteiger partial charge in [-0.2, -0.15) is 0 Å². The largest absolute Gasteiger partial charge is 0.373 e. The summed E-state index contributed by atoms with van der Waals surface area (Å²) in [5.41, 5.74) is 0. The third kappa shape index (κ3) is 4.72. The maximum atomic E-state index is 6.03. The zero-order valence-electron chi connectivity index (χ0n) is 9.80. The fourth-order valence-electron chi connectivity index (χ4n) is 2.31. The molecule has 1 rings (SSSR count). The summed E-state index contributed by atoms with van der Waals surface area (Å²) >= 11 is 15.2. The summed E-state index contributed by atoms with van der Waals surface area (Å²) in [7, 11) is 0. The van der Waals surface area contributed by atoms with Crippen LogP contribution in [0.5, 0.6) is 0 Å². The lowest BCUT2D eigenvalue weighted by atomic mass is 9.86. The van der Waals surface area contributed by atoms with Gasteiger partial charge in [0.25, 0.3) is 0 Å². The third-order valence-electron chi connectivity index (χ3n) is 3.41. The van der Waals surface area contributed by atoms with Crippen molar-refractivity contribution in [3.05, 3.63) is 0 Å². The standard InChI is InChI=1S/C12H21BrCl2O/c1-9(10-5-3-2-4-6-10)16-12(8-15)11(13)7-14/h9-12H,2-8H2,1H3. The smallest absolute Gasteiger partial charge is 0.0850 e. The summed E-state index contributed by atoms with van der Waals surface area (Å²) in [6.45, 7) is 2.17. The topological polar surface area (TPSA) is 9.23 Å². The molecule has 0 bridgehead atoms. The van der Waals surface area contributed by atoms with E-state index in [1.165, 1.54) is 32.1 Å². The van der Waals surface area contributed by atoms with Gasteiger partial charge in [-0.1, -0.05) is 35.2 Å². The van der Waals surface area contributed by atoms with Crippen LogP contribution in [0, 0.1) is 5.92 Å². The minimum absolute atomic E-state index is 0.0242. The first-order valence-electron chi connectivity index (χ1n) is 6.10. The average Bonchev–Trinajstić information content (AvgIpc) is 2.35. The van der Waals surface area contributed by atoms with Gasteiger partial charge in [0, 0.05) is 11.8 Å². The predicted octanol–water partition coefficient (Wildman–Crippen LogP) is 4.58. The molecule has 1 saturated carbocycles. The van der Waals surface area contributed by atoms with E-state index in [9.17, 15) is 0 Å². The van der Waals surface area contributed by atoms with Crippen LogP contribution in [0.25, 0.3) is 0 Å². The molecule has 0 N–H and O–H groups in total. The van der Waals surface area contributed by atoms with Gasteiger partial charge >= 0.3 is 0 Å². The zero-order chi connectivity index (χ0) is 12.0. The van der Waals surface area contributed by atoms with Gasteiger partial charge in [-0.15, -0.1) is 23.2 Å². The van der Waals surface area contributed by atoms with Crippen molar-refractivity contribution in [3.8, 4) is 0 Å². The molecule has 3 atom stereocenters. The molecule has 3 unspecified atom stereocenters. The number of hydrogen-bond acceptors (Lipinski definition) is 1. The van der Waals surface area contributed by atoms with Crippen molar-refractivity contribution in [2.75, 3.05) is 11.8 Å². The van der Waals surface area contributed by atoms with E-state index in [1.54, 1.807) is 0 Å². The van der Waals surface area contributed by atoms with Crippen LogP contribution in [0.4, 0.5) is 0 Å². The summed E-state index contributed by atoms with van der Waals surface area (Å²) in [4.78, 5) is 0.151. The second-order valence-electron chi connectivity index (χ2n) is 4.60. The van der Waals surface area contributed by atoms with Crippen LogP contribution in [0.15, 0.2) is 0 Å². The van der Waals surface area contributed by atoms with Gasteiger partial charge < -0.3 is 4.74 Å². The van der Waals surface area contributed by atoms with Gasteiger partial charge in [-0.25, -0.2) is 0 Å². The summed E-state index contributed by atoms with van der Waals surface area (Å²) in [5.74, 6) is 1.74. The molecule has 0 amide bonds. The lowest BCUT2D eigenvalue weighted by Gasteiger charge is -2.31. The van der Waals surface area contributed by atoms with Crippen molar-refractivity contribution < 1.29 is 4.74 Å². The first kappa shape index (κ1) is 15.1. The highest BCUT2D eigenvalue weighted by molar-refractivity contribution is 9.09. The van der Waals surface area contributed by atoms with Crippen molar-refractivity contribution in [1.29, 1.82) is 0 Å². The summed E-state index contributed by atoms with van der Waals surface area (Å²) in [5, 5.41) is 0. The average molecular weight is 332 g/mol. The summed E-state index contributed by atoms with van der Waals surface area (Å²) in [6.07, 6.45) is 6.98. The van der Waals surface area contributed by atoms with E-state index >= 15 is 0 Å². The van der Waals surface area contributed by atoms with Crippen molar-refractivity contribution in [2.45, 2.75) is 56.1 Å². The zero-order valence-corrected chi connectivity index (χ0v) is 12.9. The van der Waals surface area contributed by atoms with Crippen molar-refractivity contribution in [3.63, 3.8) is 0 Å². The normalized spacial score (nSPS) is 24.0. The first-order chi connectivity index (χ1) is 7.69. The van der Waals surface area contributed by atoms with Crippen LogP contribution in [0.2, 0.25) is 0 Å². The number of alkyl halides is 3. The van der Waals surface area contributed by atoms with Crippen LogP contribution in [0.3, 0.4) is 0 Å². The van der Waals surface area contributed by atoms with Crippen molar-refractivity contribution in [1.82, 2.24) is 0 Å². The molecule has 0 aromatic carbocycles. The Bertz CT molecular complexity index is 186. The highest BCUT2D eigenvalue weighted by Gasteiger charge is 2.26. The fourth-order valence-corrected chi connectivity index (χ4v) is 3.32. The van der Waals surface area contributed by atoms with E-state index in [0.717, 1.165) is 0 Å². The maximum Gasteiger partial charge on any atom is 0.0850 e. The molecule has 0 aromatic heterocycles. The fraction of sp³-hybridized carbons (Fsp3) is 1.00. The Morgan fingerprint density at radius 3 is 2.31 bits per heavy atom. The molecule has 0 aliphatic heterocycles. The molecular weight excluding hydrogens is 311 g/mol. The number of hydrogen-bond donors (Lipinski definition) is 0. The Kier molecular flexibility index (Phi) is 7.71. The molecule has 1 aliphatic carbocycles. The Morgan fingerprint density at radius 1 is 1.19 bits per heavy atom. The molecule has 1 aliphatic rings. The van der Waals surface area contributed by atoms with Crippen LogP contribution >= 0.6 is 39.1 Å². The van der Waals surface area contributed by atoms with E-state index in [2.05, 4.69) is 22.9 Å². The summed E-state index contributed by atoms with van der Waals surface area (Å²) in [6, 6.07) is 0. The van der Waals surface area contributed by atoms with E-state index in [0.29, 0.717) is 23.8 Å². The van der Waals surface area contributed by atoms with Gasteiger partial charge in [0.05, 0.1) is 17.0 Å². The molecule has 0 saturated heterocycles. The van der Waals surface area contributed by atoms with Gasteiger partial charge in [0.15, 0.2) is 0 Å². The Morgan fingerprint density at radius 2 is 1.81 bits per heavy atom. The molecule has 16 heavy (non-hydrogen) atoms. The van der Waals surface area contributed by atoms with Gasteiger partial charge in [-0.3, -0.25) is 0 Å². The van der Waals surface area contributed by atoms with Gasteiger partial charge in [0.1, 0.15) is 0 Å². The second-order valence-corrected chi connectivity index (χ2v) is 6.40. The Balaban J connectivity index is 2.37. The molecule has 0 spiro atoms. The number of rotatable bonds is 6. The minimum atomic E-state index is 0.0242. The summed E-state index contributed by atoms with van der Waals surface area (Å²) < 4.78 is 6.03. The van der Waals surface area contributed by atoms with Crippen LogP contribution in [-0.2, 0) is 4.74 Å². The predicted molar refractivity (Wildman–Crippen MR) is 75.1 cm³/mol. The van der Waals surface area contributed by atoms with Crippen molar-refractivity contribution >= 4 is 39.1 Å². The number of halogens is 3. The Hall–Kier alpha value is 1.02. The van der Waals surface area contributed by atoms with E-state index in [-0.39, 0.29) is 10.9 Å². The van der Waals surface area contributed by atoms with Crippen LogP contribution in [-0.4, -0.2) is 28.8 Å². The molecule has 4 heteroatoms. The molecule has 0 radical (unpaired) electrons. The lowest BCUT2D eigenvalue weighted by molar-refractivity contribution is -0.0284.